The number of aromatic nitrogens is 1. The number of nitrogens with two attached hydrogens (primary N) is 1. The van der Waals surface area contributed by atoms with E-state index in [1.54, 1.807) is 30.2 Å². The van der Waals surface area contributed by atoms with E-state index in [1.807, 2.05) is 0 Å². The average Bonchev–Trinajstić information content (AvgIpc) is 2.76. The van der Waals surface area contributed by atoms with E-state index in [4.69, 9.17) is 5.73 Å². The fraction of sp³-hybridized carbons (Fsp3) is 0.538. The maximum atomic E-state index is 13.3. The Morgan fingerprint density at radius 3 is 2.15 bits per heavy atom. The number of aryl methyl sites for hydroxylation is 1. The molecule has 1 aromatic heterocycles. The second-order valence-electron chi connectivity index (χ2n) is 8.57. The zero-order chi connectivity index (χ0) is 24.3. The lowest BCUT2D eigenvalue weighted by atomic mass is 10.1. The Labute approximate surface area is 195 Å². The van der Waals surface area contributed by atoms with Crippen molar-refractivity contribution >= 4 is 17.4 Å². The van der Waals surface area contributed by atoms with Crippen LogP contribution in [0.4, 0.5) is 24.7 Å². The van der Waals surface area contributed by atoms with Crippen LogP contribution in [0.15, 0.2) is 36.5 Å². The van der Waals surface area contributed by atoms with Crippen molar-refractivity contribution in [3.8, 4) is 0 Å². The summed E-state index contributed by atoms with van der Waals surface area (Å²) in [6, 6.07) is 6.81. The van der Waals surface area contributed by atoms with Gasteiger partial charge in [0.2, 0.25) is 0 Å². The number of amides is 1. The molecule has 0 aliphatic rings. The van der Waals surface area contributed by atoms with Gasteiger partial charge in [0.25, 0.3) is 5.91 Å². The highest BCUT2D eigenvalue weighted by Gasteiger charge is 2.31. The number of hydrogen-bond acceptors (Lipinski definition) is 3. The van der Waals surface area contributed by atoms with Gasteiger partial charge in [-0.25, -0.2) is 4.98 Å². The molecule has 7 heteroatoms. The van der Waals surface area contributed by atoms with E-state index in [1.165, 1.54) is 44.6 Å². The number of anilines is 2. The lowest BCUT2D eigenvalue weighted by molar-refractivity contribution is -0.137. The summed E-state index contributed by atoms with van der Waals surface area (Å²) in [5.41, 5.74) is 6.10. The number of nitrogens with zero attached hydrogens (tertiary/aromatic N) is 2. The summed E-state index contributed by atoms with van der Waals surface area (Å²) in [6.07, 6.45) is 8.67. The van der Waals surface area contributed by atoms with Crippen molar-refractivity contribution < 1.29 is 18.0 Å². The Kier molecular flexibility index (Phi) is 10.7. The molecule has 2 rings (SSSR count). The molecule has 182 valence electrons. The van der Waals surface area contributed by atoms with Gasteiger partial charge in [0, 0.05) is 18.4 Å². The molecule has 0 saturated carbocycles. The van der Waals surface area contributed by atoms with E-state index in [2.05, 4.69) is 11.9 Å². The minimum Gasteiger partial charge on any atom is -0.365 e. The molecule has 4 nitrogen and oxygen atoms in total. The smallest absolute Gasteiger partial charge is 0.365 e. The van der Waals surface area contributed by atoms with Gasteiger partial charge in [-0.05, 0) is 43.2 Å². The summed E-state index contributed by atoms with van der Waals surface area (Å²) in [4.78, 5) is 18.1. The molecule has 0 radical (unpaired) electrons. The fourth-order valence-corrected chi connectivity index (χ4v) is 4.02. The Morgan fingerprint density at radius 1 is 0.970 bits per heavy atom. The molecule has 0 aliphatic carbocycles. The molecule has 0 fully saturated rings. The molecule has 33 heavy (non-hydrogen) atoms. The topological polar surface area (TPSA) is 59.2 Å². The minimum atomic E-state index is -4.45. The molecule has 0 unspecified atom stereocenters. The van der Waals surface area contributed by atoms with E-state index in [-0.39, 0.29) is 5.56 Å². The first-order valence-corrected chi connectivity index (χ1v) is 12.0. The van der Waals surface area contributed by atoms with Crippen LogP contribution in [0.5, 0.6) is 0 Å². The third-order valence-corrected chi connectivity index (χ3v) is 5.86. The molecule has 2 N–H and O–H groups in total. The molecule has 0 saturated heterocycles. The maximum Gasteiger partial charge on any atom is 0.416 e. The Balaban J connectivity index is 2.11. The lowest BCUT2D eigenvalue weighted by Gasteiger charge is -2.27. The highest BCUT2D eigenvalue weighted by Crippen LogP contribution is 2.35. The van der Waals surface area contributed by atoms with Crippen LogP contribution in [-0.2, 0) is 6.18 Å². The molecule has 1 amide bonds. The van der Waals surface area contributed by atoms with E-state index < -0.39 is 17.6 Å². The summed E-state index contributed by atoms with van der Waals surface area (Å²) in [5, 5.41) is 0. The predicted molar refractivity (Wildman–Crippen MR) is 128 cm³/mol. The van der Waals surface area contributed by atoms with Crippen molar-refractivity contribution in [2.45, 2.75) is 84.2 Å². The van der Waals surface area contributed by atoms with Crippen LogP contribution in [0.2, 0.25) is 0 Å². The summed E-state index contributed by atoms with van der Waals surface area (Å²) >= 11 is 0. The number of benzene rings is 1. The first kappa shape index (κ1) is 26.7. The fourth-order valence-electron chi connectivity index (χ4n) is 4.02. The van der Waals surface area contributed by atoms with Gasteiger partial charge in [-0.3, -0.25) is 4.79 Å². The summed E-state index contributed by atoms with van der Waals surface area (Å²) in [7, 11) is 0. The number of primary amides is 1. The van der Waals surface area contributed by atoms with Gasteiger partial charge in [-0.15, -0.1) is 0 Å². The van der Waals surface area contributed by atoms with Crippen molar-refractivity contribution in [1.29, 1.82) is 0 Å². The number of pyridine rings is 1. The average molecular weight is 464 g/mol. The first-order chi connectivity index (χ1) is 15.8. The largest absolute Gasteiger partial charge is 0.416 e. The first-order valence-electron chi connectivity index (χ1n) is 12.0. The zero-order valence-electron chi connectivity index (χ0n) is 19.8. The van der Waals surface area contributed by atoms with Crippen LogP contribution < -0.4 is 10.6 Å². The quantitative estimate of drug-likeness (QED) is 0.294. The SMILES string of the molecule is CCCCCCCCCCCCN(c1cccc(C(F)(F)F)c1)c1nccc(C)c1C(N)=O. The molecule has 2 aromatic rings. The van der Waals surface area contributed by atoms with E-state index in [9.17, 15) is 18.0 Å². The summed E-state index contributed by atoms with van der Waals surface area (Å²) in [6.45, 7) is 4.41. The van der Waals surface area contributed by atoms with Gasteiger partial charge in [0.1, 0.15) is 5.82 Å². The Hall–Kier alpha value is -2.57. The number of carbonyl (C=O) groups excluding carboxylic acids is 1. The minimum absolute atomic E-state index is 0.238. The standard InChI is InChI=1S/C26H36F3N3O/c1-3-4-5-6-7-8-9-10-11-12-18-32(22-15-13-14-21(19-22)26(27,28)29)25-23(24(30)33)20(2)16-17-31-25/h13-17,19H,3-12,18H2,1-2H3,(H2,30,33). The van der Waals surface area contributed by atoms with Gasteiger partial charge in [-0.1, -0.05) is 70.8 Å². The van der Waals surface area contributed by atoms with Crippen LogP contribution >= 0.6 is 0 Å². The van der Waals surface area contributed by atoms with Crippen LogP contribution in [-0.4, -0.2) is 17.4 Å². The highest BCUT2D eigenvalue weighted by molar-refractivity contribution is 6.00. The molecule has 1 aromatic carbocycles. The second kappa shape index (κ2) is 13.2. The second-order valence-corrected chi connectivity index (χ2v) is 8.57. The van der Waals surface area contributed by atoms with Crippen LogP contribution in [0.3, 0.4) is 0 Å². The normalized spacial score (nSPS) is 11.5. The van der Waals surface area contributed by atoms with Crippen LogP contribution in [0, 0.1) is 6.92 Å². The van der Waals surface area contributed by atoms with Crippen LogP contribution in [0.1, 0.15) is 92.6 Å². The number of alkyl halides is 3. The van der Waals surface area contributed by atoms with Crippen molar-refractivity contribution in [3.63, 3.8) is 0 Å². The molecule has 1 heterocycles. The molecule has 0 atom stereocenters. The third-order valence-electron chi connectivity index (χ3n) is 5.86. The molecule has 0 bridgehead atoms. The number of halogens is 3. The number of hydrogen-bond donors (Lipinski definition) is 1. The van der Waals surface area contributed by atoms with Crippen molar-refractivity contribution in [1.82, 2.24) is 4.98 Å². The monoisotopic (exact) mass is 463 g/mol. The Morgan fingerprint density at radius 2 is 1.58 bits per heavy atom. The van der Waals surface area contributed by atoms with Gasteiger partial charge >= 0.3 is 6.18 Å². The predicted octanol–water partition coefficient (Wildman–Crippen LogP) is 7.57. The zero-order valence-corrected chi connectivity index (χ0v) is 19.8. The van der Waals surface area contributed by atoms with E-state index in [0.717, 1.165) is 37.8 Å². The molecular formula is C26H36F3N3O. The lowest BCUT2D eigenvalue weighted by Crippen LogP contribution is -2.25. The van der Waals surface area contributed by atoms with Gasteiger partial charge in [0.15, 0.2) is 0 Å². The highest BCUT2D eigenvalue weighted by atomic mass is 19.4. The Bertz CT molecular complexity index is 883. The van der Waals surface area contributed by atoms with Crippen molar-refractivity contribution in [3.05, 3.63) is 53.2 Å². The molecular weight excluding hydrogens is 427 g/mol. The number of rotatable bonds is 14. The van der Waals surface area contributed by atoms with Crippen LogP contribution in [0.25, 0.3) is 0 Å². The van der Waals surface area contributed by atoms with Crippen molar-refractivity contribution in [2.24, 2.45) is 5.73 Å². The van der Waals surface area contributed by atoms with Gasteiger partial charge < -0.3 is 10.6 Å². The molecule has 0 spiro atoms. The maximum absolute atomic E-state index is 13.3. The number of carbonyl (C=O) groups is 1. The summed E-state index contributed by atoms with van der Waals surface area (Å²) in [5.74, 6) is -0.339. The summed E-state index contributed by atoms with van der Waals surface area (Å²) < 4.78 is 40.0. The van der Waals surface area contributed by atoms with Gasteiger partial charge in [0.05, 0.1) is 11.1 Å². The van der Waals surface area contributed by atoms with E-state index >= 15 is 0 Å². The van der Waals surface area contributed by atoms with Crippen molar-refractivity contribution in [2.75, 3.05) is 11.4 Å². The third kappa shape index (κ3) is 8.37. The van der Waals surface area contributed by atoms with E-state index in [0.29, 0.717) is 23.6 Å². The van der Waals surface area contributed by atoms with Gasteiger partial charge in [-0.2, -0.15) is 13.2 Å². The molecule has 0 aliphatic heterocycles. The number of unbranched alkanes of at least 4 members (excludes halogenated alkanes) is 9.